The van der Waals surface area contributed by atoms with Gasteiger partial charge in [0.15, 0.2) is 0 Å². The third-order valence-electron chi connectivity index (χ3n) is 5.51. The van der Waals surface area contributed by atoms with E-state index in [0.29, 0.717) is 5.56 Å². The fourth-order valence-corrected chi connectivity index (χ4v) is 3.03. The highest BCUT2D eigenvalue weighted by atomic mass is 16.7. The van der Waals surface area contributed by atoms with Crippen molar-refractivity contribution in [3.63, 3.8) is 0 Å². The van der Waals surface area contributed by atoms with Crippen LogP contribution in [-0.2, 0) is 14.1 Å². The molecule has 0 bridgehead atoms. The van der Waals surface area contributed by atoms with Crippen LogP contribution >= 0.6 is 0 Å². The topological polar surface area (TPSA) is 90.7 Å². The Morgan fingerprint density at radius 3 is 2.13 bits per heavy atom. The highest BCUT2D eigenvalue weighted by Crippen LogP contribution is 2.37. The summed E-state index contributed by atoms with van der Waals surface area (Å²) in [5.74, 6) is -1.58. The number of carbonyl (C=O) groups is 2. The molecule has 160 valence electrons. The fourth-order valence-electron chi connectivity index (χ4n) is 3.03. The van der Waals surface area contributed by atoms with Gasteiger partial charge in [-0.05, 0) is 57.9 Å². The molecule has 1 aromatic rings. The maximum absolute atomic E-state index is 12.8. The van der Waals surface area contributed by atoms with E-state index in [9.17, 15) is 9.59 Å². The van der Waals surface area contributed by atoms with Crippen LogP contribution in [0.15, 0.2) is 55.1 Å². The van der Waals surface area contributed by atoms with Gasteiger partial charge < -0.3 is 20.4 Å². The molecule has 1 atom stereocenters. The Kier molecular flexibility index (Phi) is 7.45. The number of primary amides is 1. The van der Waals surface area contributed by atoms with Crippen molar-refractivity contribution in [2.24, 2.45) is 5.73 Å². The first-order valence-electron chi connectivity index (χ1n) is 10.0. The largest absolute Gasteiger partial charge is 0.482 e. The molecular formula is C23H31BN2O4. The van der Waals surface area contributed by atoms with Crippen molar-refractivity contribution in [2.75, 3.05) is 0 Å². The molecule has 1 aliphatic rings. The number of carbonyl (C=O) groups excluding carboxylic acids is 2. The van der Waals surface area contributed by atoms with E-state index in [1.165, 1.54) is 0 Å². The van der Waals surface area contributed by atoms with Crippen molar-refractivity contribution < 1.29 is 18.9 Å². The van der Waals surface area contributed by atoms with Gasteiger partial charge in [0, 0.05) is 12.0 Å². The standard InChI is InChI=1S/C23H31BN2O4/c1-7-9-10-16(8-2)17-11-13-18(14-12-17)21(28)26-19(15-20(25)27)24-29-22(3,4)23(5,6)30-24/h7-14,19H,2,15H2,1,3-6H3,(H2,25,27)(H,26,28)/b9-7-,16-10+. The SMILES string of the molecule is C=C/C(=C\C=C/C)c1ccc(C(=O)NC(CC(N)=O)B2OC(C)(C)C(C)(C)O2)cc1. The number of rotatable bonds is 8. The van der Waals surface area contributed by atoms with Crippen LogP contribution in [0, 0.1) is 0 Å². The minimum atomic E-state index is -0.776. The van der Waals surface area contributed by atoms with Gasteiger partial charge in [0.2, 0.25) is 5.91 Å². The Hall–Kier alpha value is -2.64. The molecule has 1 unspecified atom stereocenters. The molecule has 0 radical (unpaired) electrons. The highest BCUT2D eigenvalue weighted by molar-refractivity contribution is 6.48. The minimum Gasteiger partial charge on any atom is -0.402 e. The Morgan fingerprint density at radius 1 is 1.13 bits per heavy atom. The van der Waals surface area contributed by atoms with Crippen molar-refractivity contribution in [2.45, 2.75) is 58.2 Å². The van der Waals surface area contributed by atoms with E-state index < -0.39 is 30.2 Å². The summed E-state index contributed by atoms with van der Waals surface area (Å²) >= 11 is 0. The molecule has 0 aromatic heterocycles. The van der Waals surface area contributed by atoms with E-state index in [1.807, 2.05) is 65.0 Å². The Balaban J connectivity index is 2.18. The van der Waals surface area contributed by atoms with Crippen LogP contribution in [0.2, 0.25) is 0 Å². The molecule has 0 aliphatic carbocycles. The number of benzene rings is 1. The van der Waals surface area contributed by atoms with E-state index >= 15 is 0 Å². The summed E-state index contributed by atoms with van der Waals surface area (Å²) in [7, 11) is -0.776. The second-order valence-electron chi connectivity index (χ2n) is 8.30. The quantitative estimate of drug-likeness (QED) is 0.508. The average Bonchev–Trinajstić information content (AvgIpc) is 2.89. The molecular weight excluding hydrogens is 379 g/mol. The van der Waals surface area contributed by atoms with Crippen molar-refractivity contribution in [3.05, 3.63) is 66.3 Å². The van der Waals surface area contributed by atoms with E-state index in [-0.39, 0.29) is 12.3 Å². The molecule has 1 heterocycles. The van der Waals surface area contributed by atoms with Gasteiger partial charge in [-0.15, -0.1) is 0 Å². The van der Waals surface area contributed by atoms with E-state index in [4.69, 9.17) is 15.0 Å². The number of allylic oxidation sites excluding steroid dienone is 5. The lowest BCUT2D eigenvalue weighted by atomic mass is 9.76. The maximum Gasteiger partial charge on any atom is 0.482 e. The Labute approximate surface area is 179 Å². The molecule has 30 heavy (non-hydrogen) atoms. The van der Waals surface area contributed by atoms with Crippen molar-refractivity contribution in [1.82, 2.24) is 5.32 Å². The van der Waals surface area contributed by atoms with Gasteiger partial charge in [-0.3, -0.25) is 9.59 Å². The van der Waals surface area contributed by atoms with Crippen molar-refractivity contribution in [3.8, 4) is 0 Å². The summed E-state index contributed by atoms with van der Waals surface area (Å²) in [5, 5.41) is 2.84. The molecule has 2 amide bonds. The summed E-state index contributed by atoms with van der Waals surface area (Å²) in [6, 6.07) is 7.15. The van der Waals surface area contributed by atoms with Crippen LogP contribution in [0.5, 0.6) is 0 Å². The van der Waals surface area contributed by atoms with Gasteiger partial charge in [0.05, 0.1) is 17.1 Å². The van der Waals surface area contributed by atoms with Crippen LogP contribution in [-0.4, -0.2) is 36.1 Å². The van der Waals surface area contributed by atoms with Gasteiger partial charge in [0.25, 0.3) is 5.91 Å². The molecule has 1 aliphatic heterocycles. The van der Waals surface area contributed by atoms with Gasteiger partial charge in [-0.1, -0.05) is 43.0 Å². The third kappa shape index (κ3) is 5.49. The van der Waals surface area contributed by atoms with Crippen molar-refractivity contribution in [1.29, 1.82) is 0 Å². The van der Waals surface area contributed by atoms with E-state index in [1.54, 1.807) is 18.2 Å². The van der Waals surface area contributed by atoms with Crippen LogP contribution in [0.25, 0.3) is 5.57 Å². The predicted molar refractivity (Wildman–Crippen MR) is 121 cm³/mol. The molecule has 1 saturated heterocycles. The van der Waals surface area contributed by atoms with E-state index in [0.717, 1.165) is 11.1 Å². The van der Waals surface area contributed by atoms with Gasteiger partial charge in [-0.25, -0.2) is 0 Å². The zero-order valence-electron chi connectivity index (χ0n) is 18.4. The fraction of sp³-hybridized carbons (Fsp3) is 0.391. The summed E-state index contributed by atoms with van der Waals surface area (Å²) in [6.45, 7) is 13.4. The average molecular weight is 410 g/mol. The molecule has 1 fully saturated rings. The third-order valence-corrected chi connectivity index (χ3v) is 5.51. The monoisotopic (exact) mass is 410 g/mol. The first-order chi connectivity index (χ1) is 14.0. The van der Waals surface area contributed by atoms with Gasteiger partial charge >= 0.3 is 7.12 Å². The second-order valence-corrected chi connectivity index (χ2v) is 8.30. The lowest BCUT2D eigenvalue weighted by Crippen LogP contribution is -2.50. The second kappa shape index (κ2) is 9.45. The summed E-state index contributed by atoms with van der Waals surface area (Å²) in [5.41, 5.74) is 6.58. The predicted octanol–water partition coefficient (Wildman–Crippen LogP) is 3.44. The molecule has 3 N–H and O–H groups in total. The van der Waals surface area contributed by atoms with Crippen LogP contribution in [0.3, 0.4) is 0 Å². The number of amides is 2. The highest BCUT2D eigenvalue weighted by Gasteiger charge is 2.54. The van der Waals surface area contributed by atoms with E-state index in [2.05, 4.69) is 11.9 Å². The summed E-state index contributed by atoms with van der Waals surface area (Å²) in [4.78, 5) is 24.4. The van der Waals surface area contributed by atoms with Gasteiger partial charge in [0.1, 0.15) is 0 Å². The molecule has 2 rings (SSSR count). The summed E-state index contributed by atoms with van der Waals surface area (Å²) < 4.78 is 12.0. The molecule has 6 nitrogen and oxygen atoms in total. The normalized spacial score (nSPS) is 19.0. The zero-order chi connectivity index (χ0) is 22.5. The van der Waals surface area contributed by atoms with Crippen LogP contribution in [0.1, 0.15) is 57.0 Å². The Morgan fingerprint density at radius 2 is 1.67 bits per heavy atom. The number of nitrogens with two attached hydrogens (primary N) is 1. The van der Waals surface area contributed by atoms with Crippen molar-refractivity contribution >= 4 is 24.5 Å². The molecule has 7 heteroatoms. The maximum atomic E-state index is 12.8. The Bertz CT molecular complexity index is 840. The minimum absolute atomic E-state index is 0.0899. The molecule has 0 spiro atoms. The number of hydrogen-bond donors (Lipinski definition) is 2. The first-order valence-corrected chi connectivity index (χ1v) is 10.0. The summed E-state index contributed by atoms with van der Waals surface area (Å²) in [6.07, 6.45) is 7.48. The number of hydrogen-bond acceptors (Lipinski definition) is 4. The number of nitrogens with one attached hydrogen (secondary N) is 1. The lowest BCUT2D eigenvalue weighted by molar-refractivity contribution is -0.118. The lowest BCUT2D eigenvalue weighted by Gasteiger charge is -2.32. The van der Waals surface area contributed by atoms with Crippen LogP contribution < -0.4 is 11.1 Å². The smallest absolute Gasteiger partial charge is 0.402 e. The molecule has 1 aromatic carbocycles. The molecule has 0 saturated carbocycles. The first kappa shape index (κ1) is 23.6. The van der Waals surface area contributed by atoms with Crippen LogP contribution in [0.4, 0.5) is 0 Å². The zero-order valence-corrected chi connectivity index (χ0v) is 18.4. The van der Waals surface area contributed by atoms with Gasteiger partial charge in [-0.2, -0.15) is 0 Å².